The number of hydrogen-bond acceptors (Lipinski definition) is 6. The fourth-order valence-corrected chi connectivity index (χ4v) is 5.79. The summed E-state index contributed by atoms with van der Waals surface area (Å²) in [5, 5.41) is 0. The van der Waals surface area contributed by atoms with Crippen LogP contribution in [0.25, 0.3) is 0 Å². The van der Waals surface area contributed by atoms with E-state index in [-0.39, 0.29) is 37.5 Å². The van der Waals surface area contributed by atoms with Gasteiger partial charge in [0.15, 0.2) is 6.10 Å². The Morgan fingerprint density at radius 2 is 0.689 bits per heavy atom. The number of allylic oxidation sites excluding steroid dienone is 22. The van der Waals surface area contributed by atoms with Crippen molar-refractivity contribution in [3.8, 4) is 0 Å². The lowest BCUT2D eigenvalue weighted by molar-refractivity contribution is -0.167. The SMILES string of the molecule is CC\C=C/C=C\C=C/C=C\C=C/CCCC(=O)OCC(COC(=O)CCCCC/C=C\C/C=C\C/C=C\C/C=C\CC)OC(=O)CCCCCCCCC/C=C\C/C=C\CC. The molecule has 6 nitrogen and oxygen atoms in total. The van der Waals surface area contributed by atoms with Crippen LogP contribution in [0.1, 0.15) is 175 Å². The summed E-state index contributed by atoms with van der Waals surface area (Å²) in [5.74, 6) is -1.05. The first kappa shape index (κ1) is 56.5. The van der Waals surface area contributed by atoms with Gasteiger partial charge in [0.2, 0.25) is 0 Å². The lowest BCUT2D eigenvalue weighted by Gasteiger charge is -2.18. The van der Waals surface area contributed by atoms with Crippen molar-refractivity contribution in [3.05, 3.63) is 134 Å². The molecule has 0 aliphatic carbocycles. The van der Waals surface area contributed by atoms with Crippen molar-refractivity contribution in [2.75, 3.05) is 13.2 Å². The third-order valence-electron chi connectivity index (χ3n) is 9.26. The summed E-state index contributed by atoms with van der Waals surface area (Å²) in [6, 6.07) is 0. The molecule has 1 unspecified atom stereocenters. The molecule has 0 aromatic heterocycles. The van der Waals surface area contributed by atoms with Gasteiger partial charge in [-0.2, -0.15) is 0 Å². The van der Waals surface area contributed by atoms with Crippen molar-refractivity contribution >= 4 is 17.9 Å². The molecule has 0 aromatic carbocycles. The van der Waals surface area contributed by atoms with Gasteiger partial charge in [0.05, 0.1) is 0 Å². The largest absolute Gasteiger partial charge is 0.462 e. The average Bonchev–Trinajstić information content (AvgIpc) is 3.26. The normalized spacial score (nSPS) is 13.3. The smallest absolute Gasteiger partial charge is 0.306 e. The van der Waals surface area contributed by atoms with Crippen LogP contribution in [0.15, 0.2) is 134 Å². The van der Waals surface area contributed by atoms with E-state index in [9.17, 15) is 14.4 Å². The van der Waals surface area contributed by atoms with Crippen LogP contribution in [-0.2, 0) is 28.6 Å². The molecule has 61 heavy (non-hydrogen) atoms. The number of unbranched alkanes of at least 4 members (excludes halogenated alkanes) is 11. The summed E-state index contributed by atoms with van der Waals surface area (Å²) in [7, 11) is 0. The summed E-state index contributed by atoms with van der Waals surface area (Å²) in [6.45, 7) is 6.14. The van der Waals surface area contributed by atoms with Crippen molar-refractivity contribution < 1.29 is 28.6 Å². The molecule has 1 atom stereocenters. The van der Waals surface area contributed by atoms with Gasteiger partial charge in [0.1, 0.15) is 13.2 Å². The lowest BCUT2D eigenvalue weighted by Crippen LogP contribution is -2.30. The third kappa shape index (κ3) is 46.5. The zero-order chi connectivity index (χ0) is 44.4. The highest BCUT2D eigenvalue weighted by atomic mass is 16.6. The van der Waals surface area contributed by atoms with Gasteiger partial charge >= 0.3 is 17.9 Å². The van der Waals surface area contributed by atoms with E-state index in [1.165, 1.54) is 19.3 Å². The van der Waals surface area contributed by atoms with Gasteiger partial charge in [-0.25, -0.2) is 0 Å². The molecule has 0 spiro atoms. The number of hydrogen-bond donors (Lipinski definition) is 0. The molecule has 0 rings (SSSR count). The molecule has 0 aromatic rings. The van der Waals surface area contributed by atoms with Crippen LogP contribution in [0.5, 0.6) is 0 Å². The molecule has 0 saturated heterocycles. The lowest BCUT2D eigenvalue weighted by atomic mass is 10.1. The van der Waals surface area contributed by atoms with Crippen molar-refractivity contribution in [1.82, 2.24) is 0 Å². The van der Waals surface area contributed by atoms with Gasteiger partial charge < -0.3 is 14.2 Å². The Hall–Kier alpha value is -4.45. The molecule has 0 aliphatic rings. The number of ether oxygens (including phenoxy) is 3. The maximum Gasteiger partial charge on any atom is 0.306 e. The Labute approximate surface area is 373 Å². The molecule has 0 bridgehead atoms. The summed E-state index contributed by atoms with van der Waals surface area (Å²) >= 11 is 0. The number of rotatable bonds is 40. The van der Waals surface area contributed by atoms with E-state index < -0.39 is 6.10 Å². The third-order valence-corrected chi connectivity index (χ3v) is 9.26. The second-order valence-electron chi connectivity index (χ2n) is 15.0. The zero-order valence-corrected chi connectivity index (χ0v) is 38.6. The highest BCUT2D eigenvalue weighted by molar-refractivity contribution is 5.71. The van der Waals surface area contributed by atoms with Crippen LogP contribution in [-0.4, -0.2) is 37.2 Å². The molecule has 0 fully saturated rings. The van der Waals surface area contributed by atoms with Crippen LogP contribution in [0.2, 0.25) is 0 Å². The van der Waals surface area contributed by atoms with Crippen LogP contribution in [0, 0.1) is 0 Å². The Balaban J connectivity index is 4.58. The molecule has 0 radical (unpaired) electrons. The van der Waals surface area contributed by atoms with Gasteiger partial charge in [0.25, 0.3) is 0 Å². The molecule has 6 heteroatoms. The second kappa shape index (κ2) is 48.2. The maximum absolute atomic E-state index is 12.8. The summed E-state index contributed by atoms with van der Waals surface area (Å²) in [5.41, 5.74) is 0. The topological polar surface area (TPSA) is 78.9 Å². The molecule has 0 heterocycles. The molecule has 0 amide bonds. The molecular weight excluding hydrogens is 757 g/mol. The van der Waals surface area contributed by atoms with Gasteiger partial charge in [0, 0.05) is 19.3 Å². The van der Waals surface area contributed by atoms with Crippen molar-refractivity contribution in [1.29, 1.82) is 0 Å². The minimum Gasteiger partial charge on any atom is -0.462 e. The highest BCUT2D eigenvalue weighted by Crippen LogP contribution is 2.12. The molecule has 0 saturated carbocycles. The fourth-order valence-electron chi connectivity index (χ4n) is 5.79. The van der Waals surface area contributed by atoms with Crippen LogP contribution < -0.4 is 0 Å². The summed E-state index contributed by atoms with van der Waals surface area (Å²) in [6.07, 6.45) is 67.3. The number of carbonyl (C=O) groups is 3. The van der Waals surface area contributed by atoms with E-state index in [0.717, 1.165) is 109 Å². The first-order valence-electron chi connectivity index (χ1n) is 23.8. The minimum absolute atomic E-state index is 0.126. The van der Waals surface area contributed by atoms with Crippen molar-refractivity contribution in [3.63, 3.8) is 0 Å². The van der Waals surface area contributed by atoms with Gasteiger partial charge in [-0.1, -0.05) is 193 Å². The average molecular weight is 841 g/mol. The van der Waals surface area contributed by atoms with Crippen LogP contribution in [0.4, 0.5) is 0 Å². The molecule has 0 N–H and O–H groups in total. The molecule has 340 valence electrons. The monoisotopic (exact) mass is 841 g/mol. The zero-order valence-electron chi connectivity index (χ0n) is 38.6. The Bertz CT molecular complexity index is 1380. The first-order valence-corrected chi connectivity index (χ1v) is 23.8. The van der Waals surface area contributed by atoms with E-state index >= 15 is 0 Å². The van der Waals surface area contributed by atoms with Gasteiger partial charge in [-0.15, -0.1) is 0 Å². The van der Waals surface area contributed by atoms with Crippen molar-refractivity contribution in [2.45, 2.75) is 181 Å². The summed E-state index contributed by atoms with van der Waals surface area (Å²) in [4.78, 5) is 37.8. The second-order valence-corrected chi connectivity index (χ2v) is 15.0. The Morgan fingerprint density at radius 3 is 1.18 bits per heavy atom. The van der Waals surface area contributed by atoms with Crippen LogP contribution >= 0.6 is 0 Å². The van der Waals surface area contributed by atoms with E-state index in [2.05, 4.69) is 99.8 Å². The predicted octanol–water partition coefficient (Wildman–Crippen LogP) is 15.5. The van der Waals surface area contributed by atoms with Crippen LogP contribution in [0.3, 0.4) is 0 Å². The molecule has 0 aliphatic heterocycles. The number of esters is 3. The van der Waals surface area contributed by atoms with Gasteiger partial charge in [-0.3, -0.25) is 14.4 Å². The Kier molecular flexibility index (Phi) is 44.7. The standard InChI is InChI=1S/C55H84O6/c1-4-7-10-13-16-19-22-25-27-28-31-33-36-39-42-45-48-54(57)60-51-52(50-59-53(56)47-44-41-38-35-32-29-24-21-18-15-12-9-6-3)61-55(58)49-46-43-40-37-34-30-26-23-20-17-14-11-8-5-2/h7-12,15-21,24-25,27,29,31-33,35,38,52H,4-6,13-14,22-23,26,28,30,34,36-37,39-51H2,1-3H3/b10-7-,11-8-,12-9-,18-15-,19-16-,20-17-,24-21-,27-25-,32-29-,33-31-,38-35-. The van der Waals surface area contributed by atoms with E-state index in [0.29, 0.717) is 19.3 Å². The van der Waals surface area contributed by atoms with E-state index in [1.54, 1.807) is 0 Å². The van der Waals surface area contributed by atoms with Crippen molar-refractivity contribution in [2.24, 2.45) is 0 Å². The van der Waals surface area contributed by atoms with Gasteiger partial charge in [-0.05, 0) is 96.3 Å². The summed E-state index contributed by atoms with van der Waals surface area (Å²) < 4.78 is 16.6. The highest BCUT2D eigenvalue weighted by Gasteiger charge is 2.19. The molecular formula is C55H84O6. The minimum atomic E-state index is -0.828. The maximum atomic E-state index is 12.8. The quantitative estimate of drug-likeness (QED) is 0.0201. The fraction of sp³-hybridized carbons (Fsp3) is 0.545. The Morgan fingerprint density at radius 1 is 0.344 bits per heavy atom. The van der Waals surface area contributed by atoms with E-state index in [4.69, 9.17) is 14.2 Å². The number of carbonyl (C=O) groups excluding carboxylic acids is 3. The predicted molar refractivity (Wildman–Crippen MR) is 260 cm³/mol. The van der Waals surface area contributed by atoms with E-state index in [1.807, 2.05) is 54.7 Å². The first-order chi connectivity index (χ1) is 30.0.